The fourth-order valence-electron chi connectivity index (χ4n) is 1.41. The van der Waals surface area contributed by atoms with Crippen LogP contribution < -0.4 is 0 Å². The number of rotatable bonds is 3. The van der Waals surface area contributed by atoms with Gasteiger partial charge in [0, 0.05) is 11.8 Å². The molecule has 0 saturated heterocycles. The zero-order valence-electron chi connectivity index (χ0n) is 8.60. The van der Waals surface area contributed by atoms with Gasteiger partial charge in [0.15, 0.2) is 0 Å². The second-order valence-electron chi connectivity index (χ2n) is 3.44. The molecule has 0 aliphatic rings. The molecular formula is C11H8ClFN2O2. The molecule has 0 bridgehead atoms. The lowest BCUT2D eigenvalue weighted by atomic mass is 10.2. The minimum atomic E-state index is -1.07. The van der Waals surface area contributed by atoms with E-state index in [4.69, 9.17) is 16.7 Å². The second-order valence-corrected chi connectivity index (χ2v) is 3.85. The molecule has 2 aromatic rings. The van der Waals surface area contributed by atoms with Crippen molar-refractivity contribution in [3.8, 4) is 0 Å². The van der Waals surface area contributed by atoms with Crippen molar-refractivity contribution in [1.29, 1.82) is 0 Å². The van der Waals surface area contributed by atoms with E-state index in [1.54, 1.807) is 12.1 Å². The summed E-state index contributed by atoms with van der Waals surface area (Å²) in [6, 6.07) is 4.65. The standard InChI is InChI=1S/C11H8ClFN2O2/c12-9-3-1-2-7(10(9)13)5-15-6-8(4-14-15)11(16)17/h1-4,6H,5H2,(H,16,17). The van der Waals surface area contributed by atoms with E-state index in [2.05, 4.69) is 5.10 Å². The number of halogens is 2. The van der Waals surface area contributed by atoms with Crippen LogP contribution in [0.5, 0.6) is 0 Å². The van der Waals surface area contributed by atoms with Crippen LogP contribution >= 0.6 is 11.6 Å². The summed E-state index contributed by atoms with van der Waals surface area (Å²) in [7, 11) is 0. The lowest BCUT2D eigenvalue weighted by Crippen LogP contribution is -2.03. The van der Waals surface area contributed by atoms with Gasteiger partial charge in [0.1, 0.15) is 5.82 Å². The fourth-order valence-corrected chi connectivity index (χ4v) is 1.60. The van der Waals surface area contributed by atoms with Gasteiger partial charge in [-0.3, -0.25) is 4.68 Å². The van der Waals surface area contributed by atoms with Crippen molar-refractivity contribution in [1.82, 2.24) is 9.78 Å². The molecule has 0 aliphatic heterocycles. The monoisotopic (exact) mass is 254 g/mol. The molecule has 0 fully saturated rings. The van der Waals surface area contributed by atoms with E-state index in [9.17, 15) is 9.18 Å². The van der Waals surface area contributed by atoms with Crippen LogP contribution in [0, 0.1) is 5.82 Å². The predicted octanol–water partition coefficient (Wildman–Crippen LogP) is 2.42. The van der Waals surface area contributed by atoms with E-state index in [0.29, 0.717) is 5.56 Å². The summed E-state index contributed by atoms with van der Waals surface area (Å²) in [5.74, 6) is -1.58. The van der Waals surface area contributed by atoms with Gasteiger partial charge in [0.05, 0.1) is 23.3 Å². The van der Waals surface area contributed by atoms with Crippen LogP contribution in [0.3, 0.4) is 0 Å². The molecule has 4 nitrogen and oxygen atoms in total. The molecule has 0 unspecified atom stereocenters. The van der Waals surface area contributed by atoms with Gasteiger partial charge in [-0.15, -0.1) is 0 Å². The van der Waals surface area contributed by atoms with E-state index < -0.39 is 11.8 Å². The van der Waals surface area contributed by atoms with Crippen molar-refractivity contribution in [3.05, 3.63) is 52.6 Å². The Balaban J connectivity index is 2.25. The van der Waals surface area contributed by atoms with Crippen LogP contribution in [0.4, 0.5) is 4.39 Å². The number of benzene rings is 1. The van der Waals surface area contributed by atoms with Gasteiger partial charge < -0.3 is 5.11 Å². The van der Waals surface area contributed by atoms with Gasteiger partial charge in [-0.2, -0.15) is 5.10 Å². The third kappa shape index (κ3) is 2.45. The average Bonchev–Trinajstić information content (AvgIpc) is 2.73. The molecule has 1 aromatic heterocycles. The SMILES string of the molecule is O=C(O)c1cnn(Cc2cccc(Cl)c2F)c1. The molecule has 6 heteroatoms. The average molecular weight is 255 g/mol. The molecular weight excluding hydrogens is 247 g/mol. The third-order valence-electron chi connectivity index (χ3n) is 2.24. The van der Waals surface area contributed by atoms with Gasteiger partial charge in [-0.25, -0.2) is 9.18 Å². The Kier molecular flexibility index (Phi) is 3.10. The second kappa shape index (κ2) is 4.55. The summed E-state index contributed by atoms with van der Waals surface area (Å²) in [4.78, 5) is 10.6. The quantitative estimate of drug-likeness (QED) is 0.915. The van der Waals surface area contributed by atoms with Crippen LogP contribution in [0.15, 0.2) is 30.6 Å². The third-order valence-corrected chi connectivity index (χ3v) is 2.54. The van der Waals surface area contributed by atoms with Crippen molar-refractivity contribution in [2.75, 3.05) is 0 Å². The molecule has 1 N–H and O–H groups in total. The summed E-state index contributed by atoms with van der Waals surface area (Å²) in [5, 5.41) is 12.6. The lowest BCUT2D eigenvalue weighted by Gasteiger charge is -2.04. The maximum absolute atomic E-state index is 13.6. The smallest absolute Gasteiger partial charge is 0.338 e. The number of hydrogen-bond acceptors (Lipinski definition) is 2. The van der Waals surface area contributed by atoms with E-state index in [-0.39, 0.29) is 17.1 Å². The number of hydrogen-bond donors (Lipinski definition) is 1. The van der Waals surface area contributed by atoms with Crippen LogP contribution in [-0.2, 0) is 6.54 Å². The lowest BCUT2D eigenvalue weighted by molar-refractivity contribution is 0.0697. The summed E-state index contributed by atoms with van der Waals surface area (Å²) in [6.45, 7) is 0.139. The van der Waals surface area contributed by atoms with E-state index in [0.717, 1.165) is 0 Å². The van der Waals surface area contributed by atoms with Crippen molar-refractivity contribution < 1.29 is 14.3 Å². The van der Waals surface area contributed by atoms with Gasteiger partial charge in [-0.1, -0.05) is 23.7 Å². The van der Waals surface area contributed by atoms with Gasteiger partial charge in [0.2, 0.25) is 0 Å². The number of carbonyl (C=O) groups is 1. The first-order valence-corrected chi connectivity index (χ1v) is 5.14. The molecule has 0 radical (unpaired) electrons. The molecule has 88 valence electrons. The van der Waals surface area contributed by atoms with Crippen LogP contribution in [-0.4, -0.2) is 20.9 Å². The topological polar surface area (TPSA) is 55.1 Å². The predicted molar refractivity (Wildman–Crippen MR) is 59.7 cm³/mol. The summed E-state index contributed by atoms with van der Waals surface area (Å²) < 4.78 is 14.9. The normalized spacial score (nSPS) is 10.5. The van der Waals surface area contributed by atoms with Gasteiger partial charge in [-0.05, 0) is 6.07 Å². The minimum Gasteiger partial charge on any atom is -0.478 e. The largest absolute Gasteiger partial charge is 0.478 e. The molecule has 1 heterocycles. The highest BCUT2D eigenvalue weighted by molar-refractivity contribution is 6.30. The van der Waals surface area contributed by atoms with E-state index in [1.165, 1.54) is 23.1 Å². The van der Waals surface area contributed by atoms with E-state index in [1.807, 2.05) is 0 Å². The molecule has 1 aromatic carbocycles. The minimum absolute atomic E-state index is 0.0353. The first kappa shape index (κ1) is 11.6. The molecule has 0 amide bonds. The molecule has 17 heavy (non-hydrogen) atoms. The van der Waals surface area contributed by atoms with Crippen LogP contribution in [0.25, 0.3) is 0 Å². The summed E-state index contributed by atoms with van der Waals surface area (Å²) in [5.41, 5.74) is 0.421. The Bertz CT molecular complexity index is 568. The van der Waals surface area contributed by atoms with Crippen LogP contribution in [0.1, 0.15) is 15.9 Å². The van der Waals surface area contributed by atoms with Crippen molar-refractivity contribution in [3.63, 3.8) is 0 Å². The Morgan fingerprint density at radius 2 is 2.29 bits per heavy atom. The first-order chi connectivity index (χ1) is 8.08. The summed E-state index contributed by atoms with van der Waals surface area (Å²) >= 11 is 5.64. The molecule has 0 aliphatic carbocycles. The highest BCUT2D eigenvalue weighted by atomic mass is 35.5. The van der Waals surface area contributed by atoms with Gasteiger partial charge in [0.25, 0.3) is 0 Å². The number of aromatic carboxylic acids is 1. The molecule has 2 rings (SSSR count). The maximum Gasteiger partial charge on any atom is 0.338 e. The van der Waals surface area contributed by atoms with E-state index >= 15 is 0 Å². The van der Waals surface area contributed by atoms with Crippen LogP contribution in [0.2, 0.25) is 5.02 Å². The molecule has 0 saturated carbocycles. The Morgan fingerprint density at radius 1 is 1.53 bits per heavy atom. The first-order valence-electron chi connectivity index (χ1n) is 4.76. The highest BCUT2D eigenvalue weighted by Crippen LogP contribution is 2.18. The van der Waals surface area contributed by atoms with Crippen molar-refractivity contribution in [2.24, 2.45) is 0 Å². The fraction of sp³-hybridized carbons (Fsp3) is 0.0909. The zero-order chi connectivity index (χ0) is 12.4. The van der Waals surface area contributed by atoms with Crippen molar-refractivity contribution in [2.45, 2.75) is 6.54 Å². The number of carboxylic acid groups (broad SMARTS) is 1. The number of carboxylic acids is 1. The maximum atomic E-state index is 13.6. The number of nitrogens with zero attached hydrogens (tertiary/aromatic N) is 2. The zero-order valence-corrected chi connectivity index (χ0v) is 9.36. The van der Waals surface area contributed by atoms with Crippen molar-refractivity contribution >= 4 is 17.6 Å². The number of aromatic nitrogens is 2. The molecule has 0 atom stereocenters. The van der Waals surface area contributed by atoms with Gasteiger partial charge >= 0.3 is 5.97 Å². The Morgan fingerprint density at radius 3 is 2.94 bits per heavy atom. The highest BCUT2D eigenvalue weighted by Gasteiger charge is 2.09. The Labute approximate surface area is 101 Å². The molecule has 0 spiro atoms. The summed E-state index contributed by atoms with van der Waals surface area (Å²) in [6.07, 6.45) is 2.55. The Hall–Kier alpha value is -1.88.